The number of hydrogen-bond acceptors (Lipinski definition) is 6. The second kappa shape index (κ2) is 12.7. The lowest BCUT2D eigenvalue weighted by Crippen LogP contribution is -2.54. The van der Waals surface area contributed by atoms with Crippen LogP contribution in [0.15, 0.2) is 42.5 Å². The molecule has 1 amide bonds. The number of ketones is 1. The lowest BCUT2D eigenvalue weighted by molar-refractivity contribution is -0.123. The highest BCUT2D eigenvalue weighted by Crippen LogP contribution is 2.43. The molecule has 7 nitrogen and oxygen atoms in total. The van der Waals surface area contributed by atoms with E-state index >= 15 is 0 Å². The highest BCUT2D eigenvalue weighted by atomic mass is 16.6. The fraction of sp³-hybridized carbons (Fsp3) is 0.571. The maximum absolute atomic E-state index is 14.1. The van der Waals surface area contributed by atoms with Crippen molar-refractivity contribution in [3.8, 4) is 0 Å². The molecule has 2 aliphatic heterocycles. The molecule has 2 heterocycles. The second-order valence-electron chi connectivity index (χ2n) is 13.4. The van der Waals surface area contributed by atoms with Crippen LogP contribution in [0.4, 0.5) is 5.69 Å². The van der Waals surface area contributed by atoms with Gasteiger partial charge in [0.15, 0.2) is 5.78 Å². The molecule has 1 aliphatic carbocycles. The molecule has 42 heavy (non-hydrogen) atoms. The first kappa shape index (κ1) is 30.4. The standard InChI is InChI=1S/C35H47N3O4/c1-25-28(32(40)42-34(2,3)4)17-18-29(31(25)27-14-9-6-10-15-27)38-24-36-35(33(38)41)19-22-37(23-20-35)21-11-16-30(39)26-12-7-5-8-13-26/h5,7-8,12-13,17-18,27,36H,6,9-11,14-16,19-24H2,1-4H3. The number of esters is 1. The monoisotopic (exact) mass is 573 g/mol. The summed E-state index contributed by atoms with van der Waals surface area (Å²) in [5.74, 6) is 0.363. The van der Waals surface area contributed by atoms with Crippen LogP contribution in [0.1, 0.15) is 116 Å². The van der Waals surface area contributed by atoms with Crippen molar-refractivity contribution >= 4 is 23.3 Å². The minimum Gasteiger partial charge on any atom is -0.456 e. The lowest BCUT2D eigenvalue weighted by Gasteiger charge is -2.38. The van der Waals surface area contributed by atoms with Crippen molar-refractivity contribution in [1.29, 1.82) is 0 Å². The van der Waals surface area contributed by atoms with E-state index in [1.165, 1.54) is 19.3 Å². The molecule has 0 unspecified atom stereocenters. The average molecular weight is 574 g/mol. The van der Waals surface area contributed by atoms with Gasteiger partial charge in [0.05, 0.1) is 12.2 Å². The zero-order valence-electron chi connectivity index (χ0n) is 25.8. The zero-order chi connectivity index (χ0) is 29.9. The summed E-state index contributed by atoms with van der Waals surface area (Å²) in [6, 6.07) is 13.3. The Hall–Kier alpha value is -3.03. The fourth-order valence-corrected chi connectivity index (χ4v) is 7.02. The Labute approximate surface area is 251 Å². The number of nitrogens with one attached hydrogen (secondary N) is 1. The number of carbonyl (C=O) groups is 3. The first-order chi connectivity index (χ1) is 20.1. The molecule has 2 aromatic carbocycles. The molecule has 7 heteroatoms. The quantitative estimate of drug-likeness (QED) is 0.291. The van der Waals surface area contributed by atoms with E-state index in [1.54, 1.807) is 0 Å². The van der Waals surface area contributed by atoms with E-state index in [2.05, 4.69) is 10.2 Å². The average Bonchev–Trinajstić information content (AvgIpc) is 3.28. The molecule has 1 spiro atoms. The van der Waals surface area contributed by atoms with E-state index in [0.717, 1.165) is 74.1 Å². The van der Waals surface area contributed by atoms with E-state index in [-0.39, 0.29) is 17.7 Å². The number of amides is 1. The smallest absolute Gasteiger partial charge is 0.338 e. The van der Waals surface area contributed by atoms with Crippen LogP contribution in [0.5, 0.6) is 0 Å². The number of hydrogen-bond donors (Lipinski definition) is 1. The third kappa shape index (κ3) is 6.63. The Bertz CT molecular complexity index is 1290. The highest BCUT2D eigenvalue weighted by Gasteiger charge is 2.49. The molecule has 0 bridgehead atoms. The van der Waals surface area contributed by atoms with Crippen LogP contribution in [-0.2, 0) is 9.53 Å². The van der Waals surface area contributed by atoms with Crippen LogP contribution >= 0.6 is 0 Å². The van der Waals surface area contributed by atoms with Gasteiger partial charge < -0.3 is 9.64 Å². The van der Waals surface area contributed by atoms with E-state index in [0.29, 0.717) is 24.6 Å². The first-order valence-electron chi connectivity index (χ1n) is 15.8. The van der Waals surface area contributed by atoms with Gasteiger partial charge in [0.1, 0.15) is 11.1 Å². The molecule has 1 N–H and O–H groups in total. The van der Waals surface area contributed by atoms with Crippen molar-refractivity contribution < 1.29 is 19.1 Å². The summed E-state index contributed by atoms with van der Waals surface area (Å²) in [5.41, 5.74) is 3.29. The third-order valence-corrected chi connectivity index (χ3v) is 9.33. The van der Waals surface area contributed by atoms with Crippen molar-refractivity contribution in [2.45, 2.75) is 103 Å². The van der Waals surface area contributed by atoms with Crippen LogP contribution < -0.4 is 10.2 Å². The number of piperidine rings is 1. The molecule has 3 fully saturated rings. The minimum atomic E-state index is -0.569. The summed E-state index contributed by atoms with van der Waals surface area (Å²) >= 11 is 0. The molecule has 0 atom stereocenters. The van der Waals surface area contributed by atoms with Crippen molar-refractivity contribution in [3.63, 3.8) is 0 Å². The molecule has 2 saturated heterocycles. The first-order valence-corrected chi connectivity index (χ1v) is 15.8. The molecule has 5 rings (SSSR count). The Balaban J connectivity index is 1.27. The molecule has 2 aromatic rings. The van der Waals surface area contributed by atoms with Gasteiger partial charge in [-0.1, -0.05) is 49.6 Å². The number of nitrogens with zero attached hydrogens (tertiary/aromatic N) is 2. The SMILES string of the molecule is Cc1c(C(=O)OC(C)(C)C)ccc(N2CNC3(CCN(CCCC(=O)c4ccccc4)CC3)C2=O)c1C1CCCCC1. The van der Waals surface area contributed by atoms with Gasteiger partial charge in [-0.25, -0.2) is 4.79 Å². The number of anilines is 1. The largest absolute Gasteiger partial charge is 0.456 e. The van der Waals surface area contributed by atoms with Crippen LogP contribution in [0.2, 0.25) is 0 Å². The van der Waals surface area contributed by atoms with Crippen molar-refractivity contribution in [3.05, 3.63) is 64.7 Å². The minimum absolute atomic E-state index is 0.142. The van der Waals surface area contributed by atoms with Crippen LogP contribution in [0.25, 0.3) is 0 Å². The number of benzene rings is 2. The van der Waals surface area contributed by atoms with Crippen LogP contribution in [0.3, 0.4) is 0 Å². The molecular formula is C35H47N3O4. The summed E-state index contributed by atoms with van der Waals surface area (Å²) in [7, 11) is 0. The molecular weight excluding hydrogens is 526 g/mol. The summed E-state index contributed by atoms with van der Waals surface area (Å²) in [4.78, 5) is 44.0. The number of rotatable bonds is 8. The summed E-state index contributed by atoms with van der Waals surface area (Å²) in [5, 5.41) is 3.61. The van der Waals surface area contributed by atoms with E-state index in [1.807, 2.05) is 75.1 Å². The molecule has 1 saturated carbocycles. The number of likely N-dealkylation sites (tertiary alicyclic amines) is 1. The topological polar surface area (TPSA) is 79.0 Å². The highest BCUT2D eigenvalue weighted by molar-refractivity contribution is 6.04. The Kier molecular flexibility index (Phi) is 9.19. The Morgan fingerprint density at radius 2 is 1.69 bits per heavy atom. The van der Waals surface area contributed by atoms with Gasteiger partial charge in [-0.3, -0.25) is 19.8 Å². The fourth-order valence-electron chi connectivity index (χ4n) is 7.02. The van der Waals surface area contributed by atoms with Gasteiger partial charge in [0, 0.05) is 30.8 Å². The second-order valence-corrected chi connectivity index (χ2v) is 13.4. The van der Waals surface area contributed by atoms with E-state index in [9.17, 15) is 14.4 Å². The third-order valence-electron chi connectivity index (χ3n) is 9.33. The maximum Gasteiger partial charge on any atom is 0.338 e. The van der Waals surface area contributed by atoms with Gasteiger partial charge >= 0.3 is 5.97 Å². The van der Waals surface area contributed by atoms with Crippen LogP contribution in [0, 0.1) is 6.92 Å². The van der Waals surface area contributed by atoms with Crippen molar-refractivity contribution in [1.82, 2.24) is 10.2 Å². The number of carbonyl (C=O) groups excluding carboxylic acids is 3. The van der Waals surface area contributed by atoms with E-state index in [4.69, 9.17) is 4.74 Å². The zero-order valence-corrected chi connectivity index (χ0v) is 25.8. The summed E-state index contributed by atoms with van der Waals surface area (Å²) in [6.07, 6.45) is 8.60. The van der Waals surface area contributed by atoms with Crippen LogP contribution in [-0.4, -0.2) is 60.0 Å². The predicted octanol–water partition coefficient (Wildman–Crippen LogP) is 6.39. The van der Waals surface area contributed by atoms with E-state index < -0.39 is 11.1 Å². The van der Waals surface area contributed by atoms with Gasteiger partial charge in [-0.15, -0.1) is 0 Å². The number of Topliss-reactive ketones (excluding diaryl/α,β-unsaturated/α-hetero) is 1. The maximum atomic E-state index is 14.1. The van der Waals surface area contributed by atoms with Crippen molar-refractivity contribution in [2.24, 2.45) is 0 Å². The molecule has 3 aliphatic rings. The normalized spacial score (nSPS) is 19.8. The molecule has 226 valence electrons. The Morgan fingerprint density at radius 1 is 1.00 bits per heavy atom. The Morgan fingerprint density at radius 3 is 2.36 bits per heavy atom. The number of ether oxygens (including phenoxy) is 1. The predicted molar refractivity (Wildman–Crippen MR) is 166 cm³/mol. The van der Waals surface area contributed by atoms with Gasteiger partial charge in [-0.05, 0) is 95.5 Å². The molecule has 0 aromatic heterocycles. The van der Waals surface area contributed by atoms with Gasteiger partial charge in [0.25, 0.3) is 0 Å². The van der Waals surface area contributed by atoms with Crippen molar-refractivity contribution in [2.75, 3.05) is 31.2 Å². The summed E-state index contributed by atoms with van der Waals surface area (Å²) in [6.45, 7) is 10.7. The molecule has 0 radical (unpaired) electrons. The van der Waals surface area contributed by atoms with Gasteiger partial charge in [0.2, 0.25) is 5.91 Å². The summed E-state index contributed by atoms with van der Waals surface area (Å²) < 4.78 is 5.74. The lowest BCUT2D eigenvalue weighted by atomic mass is 9.80. The van der Waals surface area contributed by atoms with Gasteiger partial charge in [-0.2, -0.15) is 0 Å².